The molecule has 3 aliphatic heterocycles. The second-order valence-corrected chi connectivity index (χ2v) is 7.89. The maximum absolute atomic E-state index is 10.6. The molecule has 14 atom stereocenters. The lowest BCUT2D eigenvalue weighted by Crippen LogP contribution is -2.66. The van der Waals surface area contributed by atoms with Gasteiger partial charge in [-0.25, -0.2) is 0 Å². The van der Waals surface area contributed by atoms with Gasteiger partial charge in [-0.15, -0.1) is 0 Å². The molecule has 0 bridgehead atoms. The van der Waals surface area contributed by atoms with E-state index in [2.05, 4.69) is 0 Å². The summed E-state index contributed by atoms with van der Waals surface area (Å²) < 4.78 is 26.4. The average Bonchev–Trinajstić information content (AvgIpc) is 2.78. The lowest BCUT2D eigenvalue weighted by atomic mass is 9.97. The number of ether oxygens (including phenoxy) is 5. The first-order valence-electron chi connectivity index (χ1n) is 10.00. The van der Waals surface area contributed by atoms with Crippen LogP contribution in [0.15, 0.2) is 0 Å². The van der Waals surface area contributed by atoms with Gasteiger partial charge in [0.25, 0.3) is 0 Å². The second kappa shape index (κ2) is 10.8. The quantitative estimate of drug-likeness (QED) is 0.172. The molecule has 0 radical (unpaired) electrons. The molecule has 0 saturated carbocycles. The highest BCUT2D eigenvalue weighted by molar-refractivity contribution is 4.95. The molecule has 0 amide bonds. The van der Waals surface area contributed by atoms with Gasteiger partial charge in [-0.05, 0) is 0 Å². The van der Waals surface area contributed by atoms with Crippen LogP contribution in [-0.2, 0) is 23.7 Å². The number of aliphatic hydroxyl groups excluding tert-OH is 10. The molecule has 0 aromatic heterocycles. The molecule has 0 aromatic rings. The standard InChI is InChI=1S/C17H30O15/c18-1-5-8(22)10(24)12(26)17(30-5)32-14-13(9(23)6(2-19)29-15(14)27)31-16-11(25)7(21)4(20)3-28-16/h4-27H,1-3H2/t4-,5+,6+,7-,8-,9+,10-,11+,12+,13-,14+,15+,16-,17-/m0/s1. The summed E-state index contributed by atoms with van der Waals surface area (Å²) in [4.78, 5) is 0. The van der Waals surface area contributed by atoms with Crippen molar-refractivity contribution in [1.29, 1.82) is 0 Å². The van der Waals surface area contributed by atoms with Gasteiger partial charge >= 0.3 is 0 Å². The Kier molecular flexibility index (Phi) is 8.75. The maximum Gasteiger partial charge on any atom is 0.187 e. The molecular weight excluding hydrogens is 444 g/mol. The van der Waals surface area contributed by atoms with E-state index < -0.39 is 106 Å². The molecule has 0 spiro atoms. The summed E-state index contributed by atoms with van der Waals surface area (Å²) in [6.45, 7) is -1.92. The monoisotopic (exact) mass is 474 g/mol. The van der Waals surface area contributed by atoms with E-state index in [0.29, 0.717) is 0 Å². The summed E-state index contributed by atoms with van der Waals surface area (Å²) >= 11 is 0. The summed E-state index contributed by atoms with van der Waals surface area (Å²) in [5, 5.41) is 99.2. The van der Waals surface area contributed by atoms with Gasteiger partial charge in [0, 0.05) is 0 Å². The van der Waals surface area contributed by atoms with Crippen LogP contribution < -0.4 is 0 Å². The normalized spacial score (nSPS) is 52.7. The van der Waals surface area contributed by atoms with E-state index in [-0.39, 0.29) is 0 Å². The Hall–Kier alpha value is -0.600. The summed E-state index contributed by atoms with van der Waals surface area (Å²) in [5.74, 6) is 0. The summed E-state index contributed by atoms with van der Waals surface area (Å²) in [5.41, 5.74) is 0. The van der Waals surface area contributed by atoms with Gasteiger partial charge < -0.3 is 74.7 Å². The fourth-order valence-electron chi connectivity index (χ4n) is 3.75. The molecule has 0 aliphatic carbocycles. The largest absolute Gasteiger partial charge is 0.394 e. The molecule has 15 heteroatoms. The van der Waals surface area contributed by atoms with Crippen molar-refractivity contribution in [3.05, 3.63) is 0 Å². The highest BCUT2D eigenvalue weighted by Crippen LogP contribution is 2.31. The molecule has 3 fully saturated rings. The molecule has 0 unspecified atom stereocenters. The van der Waals surface area contributed by atoms with Crippen LogP contribution in [0.3, 0.4) is 0 Å². The molecule has 32 heavy (non-hydrogen) atoms. The predicted molar refractivity (Wildman–Crippen MR) is 95.2 cm³/mol. The van der Waals surface area contributed by atoms with Crippen LogP contribution >= 0.6 is 0 Å². The number of hydrogen-bond acceptors (Lipinski definition) is 15. The topological polar surface area (TPSA) is 248 Å². The zero-order valence-electron chi connectivity index (χ0n) is 16.7. The van der Waals surface area contributed by atoms with Crippen molar-refractivity contribution >= 4 is 0 Å². The summed E-state index contributed by atoms with van der Waals surface area (Å²) in [6, 6.07) is 0. The van der Waals surface area contributed by atoms with Crippen molar-refractivity contribution in [2.75, 3.05) is 19.8 Å². The van der Waals surface area contributed by atoms with Crippen molar-refractivity contribution in [2.45, 2.75) is 86.0 Å². The number of hydrogen-bond donors (Lipinski definition) is 10. The van der Waals surface area contributed by atoms with E-state index in [1.165, 1.54) is 0 Å². The predicted octanol–water partition coefficient (Wildman–Crippen LogP) is -6.93. The van der Waals surface area contributed by atoms with Crippen LogP contribution in [0.25, 0.3) is 0 Å². The highest BCUT2D eigenvalue weighted by Gasteiger charge is 2.52. The Morgan fingerprint density at radius 1 is 0.594 bits per heavy atom. The van der Waals surface area contributed by atoms with Crippen molar-refractivity contribution in [3.8, 4) is 0 Å². The lowest BCUT2D eigenvalue weighted by molar-refractivity contribution is -0.383. The summed E-state index contributed by atoms with van der Waals surface area (Å²) in [7, 11) is 0. The Morgan fingerprint density at radius 2 is 1.16 bits per heavy atom. The minimum absolute atomic E-state index is 0.424. The third kappa shape index (κ3) is 5.07. The molecule has 3 saturated heterocycles. The van der Waals surface area contributed by atoms with Gasteiger partial charge in [0.15, 0.2) is 18.9 Å². The van der Waals surface area contributed by atoms with E-state index in [0.717, 1.165) is 0 Å². The average molecular weight is 474 g/mol. The van der Waals surface area contributed by atoms with Crippen LogP contribution in [0.4, 0.5) is 0 Å². The van der Waals surface area contributed by atoms with Crippen LogP contribution in [0.5, 0.6) is 0 Å². The Labute approximate surface area is 181 Å². The molecule has 3 aliphatic rings. The Balaban J connectivity index is 1.80. The zero-order valence-corrected chi connectivity index (χ0v) is 16.7. The van der Waals surface area contributed by atoms with E-state index in [4.69, 9.17) is 23.7 Å². The molecule has 3 heterocycles. The van der Waals surface area contributed by atoms with E-state index in [1.54, 1.807) is 0 Å². The maximum atomic E-state index is 10.6. The first-order chi connectivity index (χ1) is 15.1. The van der Waals surface area contributed by atoms with Crippen molar-refractivity contribution < 1.29 is 74.7 Å². The van der Waals surface area contributed by atoms with E-state index in [9.17, 15) is 51.1 Å². The highest BCUT2D eigenvalue weighted by atomic mass is 16.8. The van der Waals surface area contributed by atoms with Gasteiger partial charge in [-0.3, -0.25) is 0 Å². The number of rotatable bonds is 6. The smallest absolute Gasteiger partial charge is 0.187 e. The van der Waals surface area contributed by atoms with Gasteiger partial charge in [-0.1, -0.05) is 0 Å². The third-order valence-electron chi connectivity index (χ3n) is 5.70. The zero-order chi connectivity index (χ0) is 23.7. The number of aliphatic hydroxyl groups is 10. The van der Waals surface area contributed by atoms with Crippen LogP contribution in [-0.4, -0.2) is 157 Å². The van der Waals surface area contributed by atoms with Crippen molar-refractivity contribution in [1.82, 2.24) is 0 Å². The van der Waals surface area contributed by atoms with E-state index >= 15 is 0 Å². The molecule has 15 nitrogen and oxygen atoms in total. The SMILES string of the molecule is OC[C@H]1O[C@@H](O[C@@H]2[C@@H](O[C@@H]3OC[C@H](O)[C@H](O)[C@H]3O)[C@H](O)[C@@H](CO)O[C@H]2O)[C@H](O)[C@@H](O)[C@H]1O. The second-order valence-electron chi connectivity index (χ2n) is 7.89. The van der Waals surface area contributed by atoms with Gasteiger partial charge in [-0.2, -0.15) is 0 Å². The third-order valence-corrected chi connectivity index (χ3v) is 5.70. The minimum atomic E-state index is -1.89. The molecule has 10 N–H and O–H groups in total. The van der Waals surface area contributed by atoms with Crippen LogP contribution in [0.2, 0.25) is 0 Å². The lowest BCUT2D eigenvalue weighted by Gasteiger charge is -2.47. The molecule has 188 valence electrons. The van der Waals surface area contributed by atoms with Crippen LogP contribution in [0.1, 0.15) is 0 Å². The van der Waals surface area contributed by atoms with E-state index in [1.807, 2.05) is 0 Å². The first kappa shape index (κ1) is 26.0. The van der Waals surface area contributed by atoms with Gasteiger partial charge in [0.2, 0.25) is 0 Å². The van der Waals surface area contributed by atoms with Crippen molar-refractivity contribution in [3.63, 3.8) is 0 Å². The van der Waals surface area contributed by atoms with Crippen molar-refractivity contribution in [2.24, 2.45) is 0 Å². The molecule has 0 aromatic carbocycles. The fourth-order valence-corrected chi connectivity index (χ4v) is 3.75. The Morgan fingerprint density at radius 3 is 1.78 bits per heavy atom. The molecule has 3 rings (SSSR count). The summed E-state index contributed by atoms with van der Waals surface area (Å²) in [6.07, 6.45) is -23.0. The molecular formula is C17H30O15. The van der Waals surface area contributed by atoms with Gasteiger partial charge in [0.05, 0.1) is 19.8 Å². The minimum Gasteiger partial charge on any atom is -0.394 e. The van der Waals surface area contributed by atoms with Gasteiger partial charge in [0.1, 0.15) is 67.1 Å². The first-order valence-corrected chi connectivity index (χ1v) is 10.00. The van der Waals surface area contributed by atoms with Crippen LogP contribution in [0, 0.1) is 0 Å². The fraction of sp³-hybridized carbons (Fsp3) is 1.00. The Bertz CT molecular complexity index is 594.